The summed E-state index contributed by atoms with van der Waals surface area (Å²) in [7, 11) is 0. The Morgan fingerprint density at radius 2 is 2.00 bits per heavy atom. The van der Waals surface area contributed by atoms with E-state index in [0.29, 0.717) is 23.2 Å². The molecule has 1 amide bonds. The van der Waals surface area contributed by atoms with Crippen LogP contribution in [0.3, 0.4) is 0 Å². The number of aromatic nitrogens is 1. The second kappa shape index (κ2) is 7.65. The first-order valence-corrected chi connectivity index (χ1v) is 6.97. The summed E-state index contributed by atoms with van der Waals surface area (Å²) in [6.45, 7) is -2.42. The molecular formula is C15H14F2N2O2S. The largest absolute Gasteiger partial charge is 0.435 e. The van der Waals surface area contributed by atoms with Crippen LogP contribution in [0, 0.1) is 4.64 Å². The molecule has 0 unspecified atom stereocenters. The van der Waals surface area contributed by atoms with Crippen molar-refractivity contribution in [3.8, 4) is 5.75 Å². The van der Waals surface area contributed by atoms with Crippen LogP contribution in [0.15, 0.2) is 42.6 Å². The molecule has 7 heteroatoms. The first kappa shape index (κ1) is 16.1. The molecule has 1 aromatic heterocycles. The summed E-state index contributed by atoms with van der Waals surface area (Å²) in [5, 5.41) is 2.76. The average molecular weight is 324 g/mol. The zero-order valence-electron chi connectivity index (χ0n) is 11.5. The first-order valence-electron chi connectivity index (χ1n) is 6.56. The van der Waals surface area contributed by atoms with Gasteiger partial charge < -0.3 is 15.0 Å². The van der Waals surface area contributed by atoms with E-state index in [9.17, 15) is 13.6 Å². The lowest BCUT2D eigenvalue weighted by molar-refractivity contribution is -0.0498. The number of hydrogen-bond donors (Lipinski definition) is 2. The Bertz CT molecular complexity index is 686. The van der Waals surface area contributed by atoms with E-state index in [4.69, 9.17) is 12.2 Å². The quantitative estimate of drug-likeness (QED) is 0.802. The molecule has 0 atom stereocenters. The van der Waals surface area contributed by atoms with Crippen LogP contribution >= 0.6 is 12.2 Å². The van der Waals surface area contributed by atoms with E-state index in [1.54, 1.807) is 30.5 Å². The molecule has 1 heterocycles. The van der Waals surface area contributed by atoms with E-state index in [-0.39, 0.29) is 11.7 Å². The van der Waals surface area contributed by atoms with Crippen molar-refractivity contribution < 1.29 is 18.3 Å². The topological polar surface area (TPSA) is 54.1 Å². The van der Waals surface area contributed by atoms with E-state index in [0.717, 1.165) is 5.56 Å². The first-order chi connectivity index (χ1) is 10.6. The Labute approximate surface area is 131 Å². The maximum Gasteiger partial charge on any atom is 0.387 e. The fourth-order valence-corrected chi connectivity index (χ4v) is 2.08. The second-order valence-electron chi connectivity index (χ2n) is 4.44. The van der Waals surface area contributed by atoms with E-state index >= 15 is 0 Å². The molecule has 1 aromatic carbocycles. The molecule has 0 aliphatic carbocycles. The van der Waals surface area contributed by atoms with E-state index < -0.39 is 6.61 Å². The van der Waals surface area contributed by atoms with Gasteiger partial charge in [0.25, 0.3) is 5.91 Å². The smallest absolute Gasteiger partial charge is 0.387 e. The lowest BCUT2D eigenvalue weighted by atomic mass is 10.1. The van der Waals surface area contributed by atoms with Crippen LogP contribution in [0.4, 0.5) is 8.78 Å². The molecule has 0 spiro atoms. The number of carbonyl (C=O) groups excluding carboxylic acids is 1. The molecule has 0 aliphatic heterocycles. The summed E-state index contributed by atoms with van der Waals surface area (Å²) in [5.41, 5.74) is 1.32. The molecule has 0 saturated carbocycles. The van der Waals surface area contributed by atoms with E-state index in [1.165, 1.54) is 12.1 Å². The SMILES string of the molecule is O=C(NCCc1ccc(OC(F)F)cc1)c1ccc[nH]c1=S. The van der Waals surface area contributed by atoms with Gasteiger partial charge in [-0.15, -0.1) is 0 Å². The molecule has 22 heavy (non-hydrogen) atoms. The number of carbonyl (C=O) groups is 1. The van der Waals surface area contributed by atoms with Gasteiger partial charge in [0, 0.05) is 12.7 Å². The Balaban J connectivity index is 1.85. The van der Waals surface area contributed by atoms with Crippen LogP contribution in [0.2, 0.25) is 0 Å². The number of ether oxygens (including phenoxy) is 1. The van der Waals surface area contributed by atoms with Crippen LogP contribution in [-0.4, -0.2) is 24.0 Å². The van der Waals surface area contributed by atoms with Crippen molar-refractivity contribution in [2.45, 2.75) is 13.0 Å². The van der Waals surface area contributed by atoms with Crippen molar-refractivity contribution >= 4 is 18.1 Å². The van der Waals surface area contributed by atoms with Crippen LogP contribution in [0.5, 0.6) is 5.75 Å². The Kier molecular flexibility index (Phi) is 5.60. The highest BCUT2D eigenvalue weighted by atomic mass is 32.1. The molecule has 2 rings (SSSR count). The summed E-state index contributed by atoms with van der Waals surface area (Å²) in [6.07, 6.45) is 2.23. The second-order valence-corrected chi connectivity index (χ2v) is 4.85. The van der Waals surface area contributed by atoms with Gasteiger partial charge in [0.1, 0.15) is 10.4 Å². The molecule has 0 aliphatic rings. The number of halogens is 2. The van der Waals surface area contributed by atoms with E-state index in [2.05, 4.69) is 15.0 Å². The van der Waals surface area contributed by atoms with Gasteiger partial charge >= 0.3 is 6.61 Å². The highest BCUT2D eigenvalue weighted by Gasteiger charge is 2.07. The van der Waals surface area contributed by atoms with Crippen LogP contribution in [0.25, 0.3) is 0 Å². The Hall–Kier alpha value is -2.28. The average Bonchev–Trinajstić information content (AvgIpc) is 2.49. The summed E-state index contributed by atoms with van der Waals surface area (Å²) < 4.78 is 28.7. The van der Waals surface area contributed by atoms with Crippen molar-refractivity contribution in [3.05, 3.63) is 58.4 Å². The van der Waals surface area contributed by atoms with Crippen LogP contribution < -0.4 is 10.1 Å². The molecule has 2 N–H and O–H groups in total. The van der Waals surface area contributed by atoms with Gasteiger partial charge in [0.15, 0.2) is 0 Å². The van der Waals surface area contributed by atoms with Crippen molar-refractivity contribution in [2.24, 2.45) is 0 Å². The monoisotopic (exact) mass is 324 g/mol. The summed E-state index contributed by atoms with van der Waals surface area (Å²) in [5.74, 6) is -0.141. The maximum atomic E-state index is 12.0. The third-order valence-electron chi connectivity index (χ3n) is 2.91. The summed E-state index contributed by atoms with van der Waals surface area (Å²) in [6, 6.07) is 9.64. The Morgan fingerprint density at radius 1 is 1.27 bits per heavy atom. The number of hydrogen-bond acceptors (Lipinski definition) is 3. The third kappa shape index (κ3) is 4.63. The number of pyridine rings is 1. The zero-order chi connectivity index (χ0) is 15.9. The molecule has 0 radical (unpaired) electrons. The molecule has 2 aromatic rings. The normalized spacial score (nSPS) is 10.5. The van der Waals surface area contributed by atoms with Gasteiger partial charge in [-0.2, -0.15) is 8.78 Å². The number of rotatable bonds is 6. The number of amides is 1. The number of H-pyrrole nitrogens is 1. The van der Waals surface area contributed by atoms with Gasteiger partial charge in [0.05, 0.1) is 5.56 Å². The van der Waals surface area contributed by atoms with Crippen LogP contribution in [0.1, 0.15) is 15.9 Å². The predicted molar refractivity (Wildman–Crippen MR) is 80.7 cm³/mol. The van der Waals surface area contributed by atoms with Gasteiger partial charge in [-0.05, 0) is 36.2 Å². The minimum absolute atomic E-state index is 0.110. The minimum Gasteiger partial charge on any atom is -0.435 e. The molecule has 116 valence electrons. The van der Waals surface area contributed by atoms with Gasteiger partial charge in [0.2, 0.25) is 0 Å². The lowest BCUT2D eigenvalue weighted by Crippen LogP contribution is -2.26. The fraction of sp³-hybridized carbons (Fsp3) is 0.200. The van der Waals surface area contributed by atoms with Gasteiger partial charge in [-0.25, -0.2) is 0 Å². The number of aromatic amines is 1. The molecule has 0 saturated heterocycles. The number of alkyl halides is 2. The lowest BCUT2D eigenvalue weighted by Gasteiger charge is -2.07. The molecule has 4 nitrogen and oxygen atoms in total. The minimum atomic E-state index is -2.83. The van der Waals surface area contributed by atoms with E-state index in [1.807, 2.05) is 0 Å². The molecular weight excluding hydrogens is 310 g/mol. The number of nitrogens with one attached hydrogen (secondary N) is 2. The Morgan fingerprint density at radius 3 is 2.64 bits per heavy atom. The number of benzene rings is 1. The third-order valence-corrected chi connectivity index (χ3v) is 3.25. The van der Waals surface area contributed by atoms with Crippen molar-refractivity contribution in [3.63, 3.8) is 0 Å². The molecule has 0 bridgehead atoms. The van der Waals surface area contributed by atoms with Crippen LogP contribution in [-0.2, 0) is 6.42 Å². The summed E-state index contributed by atoms with van der Waals surface area (Å²) >= 11 is 5.03. The fourth-order valence-electron chi connectivity index (χ4n) is 1.85. The summed E-state index contributed by atoms with van der Waals surface area (Å²) in [4.78, 5) is 14.7. The van der Waals surface area contributed by atoms with Gasteiger partial charge in [-0.3, -0.25) is 4.79 Å². The highest BCUT2D eigenvalue weighted by Crippen LogP contribution is 2.15. The van der Waals surface area contributed by atoms with Gasteiger partial charge in [-0.1, -0.05) is 24.4 Å². The maximum absolute atomic E-state index is 12.0. The predicted octanol–water partition coefficient (Wildman–Crippen LogP) is 3.32. The standard InChI is InChI=1S/C15H14F2N2O2S/c16-15(17)21-11-5-3-10(4-6-11)7-9-18-13(20)12-2-1-8-19-14(12)22/h1-6,8,15H,7,9H2,(H,18,20)(H,19,22). The highest BCUT2D eigenvalue weighted by molar-refractivity contribution is 7.71. The molecule has 0 fully saturated rings. The van der Waals surface area contributed by atoms with Crippen molar-refractivity contribution in [1.82, 2.24) is 10.3 Å². The van der Waals surface area contributed by atoms with Crippen molar-refractivity contribution in [2.75, 3.05) is 6.54 Å². The van der Waals surface area contributed by atoms with Crippen molar-refractivity contribution in [1.29, 1.82) is 0 Å². The zero-order valence-corrected chi connectivity index (χ0v) is 12.3.